The third kappa shape index (κ3) is 4.27. The highest BCUT2D eigenvalue weighted by Crippen LogP contribution is 2.34. The zero-order valence-corrected chi connectivity index (χ0v) is 14.4. The smallest absolute Gasteiger partial charge is 0.231 e. The second kappa shape index (κ2) is 7.67. The SMILES string of the molecule is CC(C)=CCOc1ccc2c(c1)OC(=CC=Cc1ccccc1)C2=O. The normalized spacial score (nSPS) is 14.5. The molecule has 0 spiro atoms. The molecule has 3 rings (SSSR count). The van der Waals surface area contributed by atoms with E-state index in [4.69, 9.17) is 9.47 Å². The van der Waals surface area contributed by atoms with Crippen LogP contribution < -0.4 is 9.47 Å². The van der Waals surface area contributed by atoms with Crippen LogP contribution in [-0.4, -0.2) is 12.4 Å². The monoisotopic (exact) mass is 332 g/mol. The van der Waals surface area contributed by atoms with E-state index < -0.39 is 0 Å². The number of hydrogen-bond acceptors (Lipinski definition) is 3. The van der Waals surface area contributed by atoms with Gasteiger partial charge in [-0.2, -0.15) is 0 Å². The summed E-state index contributed by atoms with van der Waals surface area (Å²) in [5.74, 6) is 1.44. The third-order valence-corrected chi connectivity index (χ3v) is 3.72. The van der Waals surface area contributed by atoms with Gasteiger partial charge >= 0.3 is 0 Å². The molecule has 0 aromatic heterocycles. The fourth-order valence-corrected chi connectivity index (χ4v) is 2.39. The number of carbonyl (C=O) groups excluding carboxylic acids is 1. The highest BCUT2D eigenvalue weighted by Gasteiger charge is 2.27. The van der Waals surface area contributed by atoms with Gasteiger partial charge in [0.15, 0.2) is 5.76 Å². The van der Waals surface area contributed by atoms with Gasteiger partial charge < -0.3 is 9.47 Å². The standard InChI is InChI=1S/C22H20O3/c1-16(2)13-14-24-18-11-12-19-21(15-18)25-20(22(19)23)10-6-9-17-7-4-3-5-8-17/h3-13,15H,14H2,1-2H3. The van der Waals surface area contributed by atoms with Crippen molar-refractivity contribution in [3.8, 4) is 11.5 Å². The number of rotatable bonds is 5. The first kappa shape index (κ1) is 16.8. The Bertz CT molecular complexity index is 854. The van der Waals surface area contributed by atoms with Crippen LogP contribution >= 0.6 is 0 Å². The molecule has 1 aliphatic heterocycles. The summed E-state index contributed by atoms with van der Waals surface area (Å²) in [6, 6.07) is 15.2. The van der Waals surface area contributed by atoms with Crippen molar-refractivity contribution in [2.75, 3.05) is 6.61 Å². The molecule has 0 unspecified atom stereocenters. The number of fused-ring (bicyclic) bond motifs is 1. The number of benzene rings is 2. The predicted octanol–water partition coefficient (Wildman–Crippen LogP) is 5.20. The molecule has 126 valence electrons. The summed E-state index contributed by atoms with van der Waals surface area (Å²) in [5, 5.41) is 0. The fraction of sp³-hybridized carbons (Fsp3) is 0.136. The lowest BCUT2D eigenvalue weighted by atomic mass is 10.1. The molecule has 0 bridgehead atoms. The molecule has 0 N–H and O–H groups in total. The number of carbonyl (C=O) groups is 1. The van der Waals surface area contributed by atoms with E-state index in [1.54, 1.807) is 24.3 Å². The quantitative estimate of drug-likeness (QED) is 0.557. The van der Waals surface area contributed by atoms with Crippen LogP contribution in [0, 0.1) is 0 Å². The number of Topliss-reactive ketones (excluding diaryl/α,β-unsaturated/α-hetero) is 1. The second-order valence-corrected chi connectivity index (χ2v) is 5.98. The highest BCUT2D eigenvalue weighted by molar-refractivity contribution is 6.12. The largest absolute Gasteiger partial charge is 0.489 e. The molecule has 0 radical (unpaired) electrons. The fourth-order valence-electron chi connectivity index (χ4n) is 2.39. The van der Waals surface area contributed by atoms with E-state index in [1.807, 2.05) is 62.4 Å². The summed E-state index contributed by atoms with van der Waals surface area (Å²) >= 11 is 0. The van der Waals surface area contributed by atoms with Gasteiger partial charge in [0.1, 0.15) is 18.1 Å². The maximum Gasteiger partial charge on any atom is 0.231 e. The number of ether oxygens (including phenoxy) is 2. The molecule has 0 amide bonds. The molecule has 0 fully saturated rings. The number of hydrogen-bond donors (Lipinski definition) is 0. The van der Waals surface area contributed by atoms with E-state index in [-0.39, 0.29) is 5.78 Å². The van der Waals surface area contributed by atoms with E-state index in [0.717, 1.165) is 5.56 Å². The summed E-state index contributed by atoms with van der Waals surface area (Å²) in [4.78, 5) is 12.4. The molecule has 0 saturated heterocycles. The van der Waals surface area contributed by atoms with E-state index in [2.05, 4.69) is 0 Å². The first-order valence-corrected chi connectivity index (χ1v) is 8.19. The van der Waals surface area contributed by atoms with Crippen LogP contribution in [0.3, 0.4) is 0 Å². The first-order chi connectivity index (χ1) is 12.1. The van der Waals surface area contributed by atoms with Crippen molar-refractivity contribution in [1.82, 2.24) is 0 Å². The van der Waals surface area contributed by atoms with Gasteiger partial charge in [0.25, 0.3) is 0 Å². The summed E-state index contributed by atoms with van der Waals surface area (Å²) in [6.45, 7) is 4.54. The maximum absolute atomic E-state index is 12.4. The molecular weight excluding hydrogens is 312 g/mol. The molecule has 2 aromatic rings. The maximum atomic E-state index is 12.4. The Morgan fingerprint density at radius 1 is 1.12 bits per heavy atom. The van der Waals surface area contributed by atoms with Crippen LogP contribution in [0.2, 0.25) is 0 Å². The zero-order chi connectivity index (χ0) is 17.6. The lowest BCUT2D eigenvalue weighted by Gasteiger charge is -2.05. The molecule has 0 aliphatic carbocycles. The molecular formula is C22H20O3. The molecule has 0 atom stereocenters. The Morgan fingerprint density at radius 2 is 1.92 bits per heavy atom. The molecule has 3 heteroatoms. The van der Waals surface area contributed by atoms with Gasteiger partial charge in [-0.05, 0) is 43.7 Å². The minimum absolute atomic E-state index is 0.108. The summed E-state index contributed by atoms with van der Waals surface area (Å²) < 4.78 is 11.3. The van der Waals surface area contributed by atoms with Crippen molar-refractivity contribution >= 4 is 11.9 Å². The Kier molecular flexibility index (Phi) is 5.14. The average Bonchev–Trinajstić information content (AvgIpc) is 2.91. The molecule has 0 saturated carbocycles. The predicted molar refractivity (Wildman–Crippen MR) is 99.9 cm³/mol. The summed E-state index contributed by atoms with van der Waals surface area (Å²) in [6.07, 6.45) is 7.44. The van der Waals surface area contributed by atoms with Gasteiger partial charge in [-0.15, -0.1) is 0 Å². The van der Waals surface area contributed by atoms with E-state index >= 15 is 0 Å². The van der Waals surface area contributed by atoms with Crippen LogP contribution in [0.25, 0.3) is 6.08 Å². The Labute approximate surface area is 147 Å². The Balaban J connectivity index is 1.71. The first-order valence-electron chi connectivity index (χ1n) is 8.19. The van der Waals surface area contributed by atoms with Crippen LogP contribution in [-0.2, 0) is 0 Å². The highest BCUT2D eigenvalue weighted by atomic mass is 16.5. The number of ketones is 1. The Morgan fingerprint density at radius 3 is 2.68 bits per heavy atom. The van der Waals surface area contributed by atoms with E-state index in [1.165, 1.54) is 5.57 Å². The van der Waals surface area contributed by atoms with Crippen molar-refractivity contribution in [2.45, 2.75) is 13.8 Å². The molecule has 1 heterocycles. The summed E-state index contributed by atoms with van der Waals surface area (Å²) in [7, 11) is 0. The minimum atomic E-state index is -0.108. The molecule has 1 aliphatic rings. The van der Waals surface area contributed by atoms with Gasteiger partial charge in [-0.25, -0.2) is 0 Å². The lowest BCUT2D eigenvalue weighted by molar-refractivity contribution is 0.101. The van der Waals surface area contributed by atoms with Crippen molar-refractivity contribution in [3.05, 3.63) is 89.2 Å². The average molecular weight is 332 g/mol. The van der Waals surface area contributed by atoms with Crippen LogP contribution in [0.5, 0.6) is 11.5 Å². The topological polar surface area (TPSA) is 35.5 Å². The summed E-state index contributed by atoms with van der Waals surface area (Å²) in [5.41, 5.74) is 2.83. The van der Waals surface area contributed by atoms with Crippen LogP contribution in [0.1, 0.15) is 29.8 Å². The van der Waals surface area contributed by atoms with Crippen molar-refractivity contribution in [2.24, 2.45) is 0 Å². The number of allylic oxidation sites excluding steroid dienone is 4. The van der Waals surface area contributed by atoms with Gasteiger partial charge in [-0.1, -0.05) is 48.1 Å². The van der Waals surface area contributed by atoms with Gasteiger partial charge in [0.2, 0.25) is 5.78 Å². The van der Waals surface area contributed by atoms with Gasteiger partial charge in [0, 0.05) is 6.07 Å². The van der Waals surface area contributed by atoms with Gasteiger partial charge in [-0.3, -0.25) is 4.79 Å². The molecule has 3 nitrogen and oxygen atoms in total. The van der Waals surface area contributed by atoms with E-state index in [0.29, 0.717) is 29.4 Å². The van der Waals surface area contributed by atoms with Crippen LogP contribution in [0.15, 0.2) is 78.1 Å². The Hall–Kier alpha value is -3.07. The van der Waals surface area contributed by atoms with Crippen molar-refractivity contribution < 1.29 is 14.3 Å². The lowest BCUT2D eigenvalue weighted by Crippen LogP contribution is -1.97. The van der Waals surface area contributed by atoms with E-state index in [9.17, 15) is 4.79 Å². The zero-order valence-electron chi connectivity index (χ0n) is 14.4. The molecule has 2 aromatic carbocycles. The second-order valence-electron chi connectivity index (χ2n) is 5.98. The molecule has 25 heavy (non-hydrogen) atoms. The van der Waals surface area contributed by atoms with Gasteiger partial charge in [0.05, 0.1) is 5.56 Å². The third-order valence-electron chi connectivity index (χ3n) is 3.72. The van der Waals surface area contributed by atoms with Crippen LogP contribution in [0.4, 0.5) is 0 Å². The minimum Gasteiger partial charge on any atom is -0.489 e. The van der Waals surface area contributed by atoms with Crippen molar-refractivity contribution in [3.63, 3.8) is 0 Å². The van der Waals surface area contributed by atoms with Crippen molar-refractivity contribution in [1.29, 1.82) is 0 Å².